The highest BCUT2D eigenvalue weighted by molar-refractivity contribution is 5.86. The fourth-order valence-corrected chi connectivity index (χ4v) is 5.13. The zero-order chi connectivity index (χ0) is 23.3. The molecule has 0 spiro atoms. The first-order valence-corrected chi connectivity index (χ1v) is 12.3. The first kappa shape index (κ1) is 22.4. The van der Waals surface area contributed by atoms with Gasteiger partial charge in [0.25, 0.3) is 0 Å². The minimum Gasteiger partial charge on any atom is -0.346 e. The van der Waals surface area contributed by atoms with Crippen LogP contribution in [0.25, 0.3) is 22.0 Å². The third-order valence-corrected chi connectivity index (χ3v) is 7.18. The SMILES string of the molecule is NCC1CCC(C(=O)N[C@@H](Cc2cccc3ccccc23)c2ncc(-c3ccccc3)[nH]2)CC1. The predicted molar refractivity (Wildman–Crippen MR) is 137 cm³/mol. The standard InChI is InChI=1S/C29H32N4O/c30-18-20-13-15-23(16-14-20)29(34)33-26(17-24-11-6-10-21-7-4-5-12-25(21)24)28-31-19-27(32-28)22-8-2-1-3-9-22/h1-12,19-20,23,26H,13-18,30H2,(H,31,32)(H,33,34)/t20?,23?,26-/m0/s1. The molecule has 0 unspecified atom stereocenters. The lowest BCUT2D eigenvalue weighted by Crippen LogP contribution is -2.37. The van der Waals surface area contributed by atoms with Crippen LogP contribution >= 0.6 is 0 Å². The van der Waals surface area contributed by atoms with Crippen LogP contribution in [-0.4, -0.2) is 22.4 Å². The normalized spacial score (nSPS) is 19.1. The van der Waals surface area contributed by atoms with Gasteiger partial charge in [0.15, 0.2) is 0 Å². The van der Waals surface area contributed by atoms with Crippen LogP contribution in [0.5, 0.6) is 0 Å². The predicted octanol–water partition coefficient (Wildman–Crippen LogP) is 5.40. The van der Waals surface area contributed by atoms with E-state index in [2.05, 4.69) is 64.9 Å². The van der Waals surface area contributed by atoms with E-state index in [1.165, 1.54) is 16.3 Å². The second-order valence-corrected chi connectivity index (χ2v) is 9.41. The maximum absolute atomic E-state index is 13.3. The molecule has 1 heterocycles. The summed E-state index contributed by atoms with van der Waals surface area (Å²) in [5.74, 6) is 1.50. The molecule has 5 rings (SSSR count). The van der Waals surface area contributed by atoms with Crippen molar-refractivity contribution >= 4 is 16.7 Å². The molecule has 1 aliphatic rings. The van der Waals surface area contributed by atoms with Gasteiger partial charge in [-0.25, -0.2) is 4.98 Å². The van der Waals surface area contributed by atoms with Gasteiger partial charge in [-0.15, -0.1) is 0 Å². The van der Waals surface area contributed by atoms with E-state index < -0.39 is 0 Å². The van der Waals surface area contributed by atoms with E-state index in [-0.39, 0.29) is 17.9 Å². The molecule has 1 fully saturated rings. The van der Waals surface area contributed by atoms with E-state index in [0.29, 0.717) is 18.9 Å². The van der Waals surface area contributed by atoms with Crippen molar-refractivity contribution in [3.8, 4) is 11.3 Å². The number of benzene rings is 3. The summed E-state index contributed by atoms with van der Waals surface area (Å²) in [7, 11) is 0. The summed E-state index contributed by atoms with van der Waals surface area (Å²) in [6, 6.07) is 24.7. The van der Waals surface area contributed by atoms with Crippen molar-refractivity contribution in [3.63, 3.8) is 0 Å². The molecule has 5 heteroatoms. The van der Waals surface area contributed by atoms with Gasteiger partial charge in [0.1, 0.15) is 5.82 Å². The Morgan fingerprint density at radius 1 is 0.971 bits per heavy atom. The number of aromatic amines is 1. The lowest BCUT2D eigenvalue weighted by atomic mass is 9.81. The van der Waals surface area contributed by atoms with Gasteiger partial charge in [-0.05, 0) is 60.0 Å². The molecule has 34 heavy (non-hydrogen) atoms. The first-order valence-electron chi connectivity index (χ1n) is 12.3. The Balaban J connectivity index is 1.42. The van der Waals surface area contributed by atoms with Gasteiger partial charge >= 0.3 is 0 Å². The Bertz CT molecular complexity index is 1240. The van der Waals surface area contributed by atoms with Crippen molar-refractivity contribution in [2.24, 2.45) is 17.6 Å². The minimum atomic E-state index is -0.233. The number of aromatic nitrogens is 2. The van der Waals surface area contributed by atoms with Gasteiger partial charge in [-0.1, -0.05) is 72.8 Å². The number of hydrogen-bond acceptors (Lipinski definition) is 3. The number of hydrogen-bond donors (Lipinski definition) is 3. The summed E-state index contributed by atoms with van der Waals surface area (Å²) >= 11 is 0. The third-order valence-electron chi connectivity index (χ3n) is 7.18. The number of carbonyl (C=O) groups excluding carboxylic acids is 1. The maximum Gasteiger partial charge on any atom is 0.223 e. The third kappa shape index (κ3) is 4.90. The van der Waals surface area contributed by atoms with Crippen LogP contribution in [0, 0.1) is 11.8 Å². The largest absolute Gasteiger partial charge is 0.346 e. The van der Waals surface area contributed by atoms with Crippen molar-refractivity contribution in [1.29, 1.82) is 0 Å². The summed E-state index contributed by atoms with van der Waals surface area (Å²) in [5, 5.41) is 5.76. The number of nitrogens with two attached hydrogens (primary N) is 1. The average Bonchev–Trinajstić information content (AvgIpc) is 3.39. The molecular formula is C29H32N4O. The summed E-state index contributed by atoms with van der Waals surface area (Å²) < 4.78 is 0. The average molecular weight is 453 g/mol. The number of rotatable bonds is 7. The highest BCUT2D eigenvalue weighted by Gasteiger charge is 2.28. The zero-order valence-electron chi connectivity index (χ0n) is 19.4. The van der Waals surface area contributed by atoms with Gasteiger partial charge in [-0.2, -0.15) is 0 Å². The molecule has 0 bridgehead atoms. The topological polar surface area (TPSA) is 83.8 Å². The van der Waals surface area contributed by atoms with Crippen LogP contribution < -0.4 is 11.1 Å². The number of H-pyrrole nitrogens is 1. The van der Waals surface area contributed by atoms with Crippen LogP contribution in [0.3, 0.4) is 0 Å². The lowest BCUT2D eigenvalue weighted by Gasteiger charge is -2.28. The van der Waals surface area contributed by atoms with Crippen molar-refractivity contribution in [2.45, 2.75) is 38.1 Å². The molecule has 1 saturated carbocycles. The molecule has 3 aromatic carbocycles. The molecule has 0 saturated heterocycles. The molecular weight excluding hydrogens is 420 g/mol. The highest BCUT2D eigenvalue weighted by Crippen LogP contribution is 2.30. The van der Waals surface area contributed by atoms with Gasteiger partial charge in [0.2, 0.25) is 5.91 Å². The maximum atomic E-state index is 13.3. The molecule has 5 nitrogen and oxygen atoms in total. The summed E-state index contributed by atoms with van der Waals surface area (Å²) in [4.78, 5) is 21.5. The monoisotopic (exact) mass is 452 g/mol. The van der Waals surface area contributed by atoms with E-state index in [1.54, 1.807) is 0 Å². The highest BCUT2D eigenvalue weighted by atomic mass is 16.1. The first-order chi connectivity index (χ1) is 16.7. The van der Waals surface area contributed by atoms with E-state index in [9.17, 15) is 4.79 Å². The van der Waals surface area contributed by atoms with Crippen molar-refractivity contribution in [3.05, 3.63) is 90.4 Å². The molecule has 0 aliphatic heterocycles. The van der Waals surface area contributed by atoms with E-state index >= 15 is 0 Å². The number of imidazole rings is 1. The van der Waals surface area contributed by atoms with Gasteiger partial charge in [0, 0.05) is 12.3 Å². The van der Waals surface area contributed by atoms with Crippen LogP contribution in [-0.2, 0) is 11.2 Å². The number of nitrogens with one attached hydrogen (secondary N) is 2. The van der Waals surface area contributed by atoms with Crippen LogP contribution in [0.2, 0.25) is 0 Å². The number of fused-ring (bicyclic) bond motifs is 1. The Morgan fingerprint density at radius 3 is 2.50 bits per heavy atom. The number of carbonyl (C=O) groups is 1. The molecule has 4 aromatic rings. The quantitative estimate of drug-likeness (QED) is 0.351. The zero-order valence-corrected chi connectivity index (χ0v) is 19.4. The fourth-order valence-electron chi connectivity index (χ4n) is 5.13. The number of nitrogens with zero attached hydrogens (tertiary/aromatic N) is 1. The Morgan fingerprint density at radius 2 is 1.71 bits per heavy atom. The van der Waals surface area contributed by atoms with E-state index in [1.807, 2.05) is 24.4 Å². The molecule has 174 valence electrons. The van der Waals surface area contributed by atoms with Crippen LogP contribution in [0.1, 0.15) is 43.1 Å². The number of amides is 1. The molecule has 4 N–H and O–H groups in total. The molecule has 1 aromatic heterocycles. The van der Waals surface area contributed by atoms with E-state index in [0.717, 1.165) is 42.8 Å². The summed E-state index contributed by atoms with van der Waals surface area (Å²) in [5.41, 5.74) is 9.09. The summed E-state index contributed by atoms with van der Waals surface area (Å²) in [6.07, 6.45) is 6.40. The lowest BCUT2D eigenvalue weighted by molar-refractivity contribution is -0.127. The van der Waals surface area contributed by atoms with Crippen molar-refractivity contribution in [2.75, 3.05) is 6.54 Å². The van der Waals surface area contributed by atoms with Gasteiger partial charge in [0.05, 0.1) is 17.9 Å². The van der Waals surface area contributed by atoms with Crippen molar-refractivity contribution < 1.29 is 4.79 Å². The van der Waals surface area contributed by atoms with E-state index in [4.69, 9.17) is 10.7 Å². The smallest absolute Gasteiger partial charge is 0.223 e. The second kappa shape index (κ2) is 10.2. The molecule has 1 atom stereocenters. The summed E-state index contributed by atoms with van der Waals surface area (Å²) in [6.45, 7) is 0.715. The van der Waals surface area contributed by atoms with Gasteiger partial charge < -0.3 is 16.0 Å². The van der Waals surface area contributed by atoms with Gasteiger partial charge in [-0.3, -0.25) is 4.79 Å². The van der Waals surface area contributed by atoms with Crippen LogP contribution in [0.15, 0.2) is 79.0 Å². The van der Waals surface area contributed by atoms with Crippen molar-refractivity contribution in [1.82, 2.24) is 15.3 Å². The Kier molecular flexibility index (Phi) is 6.72. The molecule has 1 amide bonds. The Labute approximate surface area is 200 Å². The minimum absolute atomic E-state index is 0.0429. The molecule has 0 radical (unpaired) electrons. The molecule has 1 aliphatic carbocycles. The Hall–Kier alpha value is -3.44. The second-order valence-electron chi connectivity index (χ2n) is 9.41. The van der Waals surface area contributed by atoms with Crippen LogP contribution in [0.4, 0.5) is 0 Å². The fraction of sp³-hybridized carbons (Fsp3) is 0.310.